The van der Waals surface area contributed by atoms with Gasteiger partial charge in [0.1, 0.15) is 12.4 Å². The van der Waals surface area contributed by atoms with Crippen LogP contribution in [0.2, 0.25) is 0 Å². The smallest absolute Gasteiger partial charge is 0.333 e. The topological polar surface area (TPSA) is 59.0 Å². The summed E-state index contributed by atoms with van der Waals surface area (Å²) in [5, 5.41) is 9.20. The Hall–Kier alpha value is -3.15. The van der Waals surface area contributed by atoms with Crippen molar-refractivity contribution in [1.29, 1.82) is 0 Å². The maximum Gasteiger partial charge on any atom is 0.333 e. The van der Waals surface area contributed by atoms with E-state index in [-0.39, 0.29) is 6.04 Å². The zero-order valence-corrected chi connectivity index (χ0v) is 22.5. The van der Waals surface area contributed by atoms with Crippen LogP contribution in [0.25, 0.3) is 0 Å². The van der Waals surface area contributed by atoms with Gasteiger partial charge in [0.15, 0.2) is 6.10 Å². The maximum absolute atomic E-state index is 11.2. The van der Waals surface area contributed by atoms with Gasteiger partial charge in [-0.1, -0.05) is 67.4 Å². The van der Waals surface area contributed by atoms with Gasteiger partial charge in [-0.25, -0.2) is 4.79 Å². The molecule has 1 aliphatic rings. The van der Waals surface area contributed by atoms with Gasteiger partial charge in [0.05, 0.1) is 6.04 Å². The molecule has 1 N–H and O–H groups in total. The third kappa shape index (κ3) is 6.60. The number of aliphatic carboxylic acids is 1. The molecule has 0 bridgehead atoms. The predicted octanol–water partition coefficient (Wildman–Crippen LogP) is 5.79. The van der Waals surface area contributed by atoms with E-state index in [0.717, 1.165) is 43.5 Å². The van der Waals surface area contributed by atoms with Gasteiger partial charge in [-0.15, -0.1) is 0 Å². The number of carboxylic acid groups (broad SMARTS) is 1. The summed E-state index contributed by atoms with van der Waals surface area (Å²) < 4.78 is 11.1. The normalized spacial score (nSPS) is 15.5. The molecule has 0 spiro atoms. The molecule has 0 heterocycles. The lowest BCUT2D eigenvalue weighted by molar-refractivity contribution is -0.148. The highest BCUT2D eigenvalue weighted by Gasteiger charge is 2.27. The van der Waals surface area contributed by atoms with E-state index in [1.807, 2.05) is 24.3 Å². The Bertz CT molecular complexity index is 1200. The number of hydrogen-bond acceptors (Lipinski definition) is 4. The second-order valence-corrected chi connectivity index (χ2v) is 10.1. The van der Waals surface area contributed by atoms with Gasteiger partial charge in [0, 0.05) is 20.1 Å². The van der Waals surface area contributed by atoms with Crippen LogP contribution >= 0.6 is 0 Å². The summed E-state index contributed by atoms with van der Waals surface area (Å²) in [5.74, 6) is -0.174. The number of benzene rings is 3. The van der Waals surface area contributed by atoms with Gasteiger partial charge >= 0.3 is 5.97 Å². The zero-order valence-electron chi connectivity index (χ0n) is 22.5. The molecule has 2 unspecified atom stereocenters. The molecular formula is C32H39NO4. The average Bonchev–Trinajstić information content (AvgIpc) is 3.04. The first kappa shape index (κ1) is 26.9. The van der Waals surface area contributed by atoms with Crippen LogP contribution in [-0.2, 0) is 35.2 Å². The van der Waals surface area contributed by atoms with E-state index in [0.29, 0.717) is 13.0 Å². The second kappa shape index (κ2) is 12.4. The van der Waals surface area contributed by atoms with E-state index in [1.54, 1.807) is 0 Å². The summed E-state index contributed by atoms with van der Waals surface area (Å²) >= 11 is 0. The Balaban J connectivity index is 1.47. The lowest BCUT2D eigenvalue weighted by Gasteiger charge is -2.30. The minimum atomic E-state index is -0.954. The summed E-state index contributed by atoms with van der Waals surface area (Å²) in [7, 11) is 3.61. The highest BCUT2D eigenvalue weighted by Crippen LogP contribution is 2.37. The molecule has 0 aromatic heterocycles. The van der Waals surface area contributed by atoms with Crippen molar-refractivity contribution < 1.29 is 19.4 Å². The van der Waals surface area contributed by atoms with Crippen LogP contribution < -0.4 is 4.74 Å². The maximum atomic E-state index is 11.2. The molecular weight excluding hydrogens is 462 g/mol. The quantitative estimate of drug-likeness (QED) is 0.360. The van der Waals surface area contributed by atoms with Crippen LogP contribution in [0.4, 0.5) is 0 Å². The minimum absolute atomic E-state index is 0.191. The number of carboxylic acids is 1. The average molecular weight is 502 g/mol. The summed E-state index contributed by atoms with van der Waals surface area (Å²) in [5.41, 5.74) is 9.34. The van der Waals surface area contributed by atoms with Crippen LogP contribution in [0.15, 0.2) is 60.7 Å². The molecule has 0 saturated carbocycles. The van der Waals surface area contributed by atoms with Crippen molar-refractivity contribution in [2.24, 2.45) is 0 Å². The van der Waals surface area contributed by atoms with Crippen molar-refractivity contribution in [1.82, 2.24) is 4.90 Å². The SMILES string of the molecule is CCCc1ccc2c(c1)CCc1cc(C)ccc1C2N(C)CCOc1ccc(CC(OC)C(=O)O)cc1. The fraction of sp³-hybridized carbons (Fsp3) is 0.406. The first-order valence-electron chi connectivity index (χ1n) is 13.3. The fourth-order valence-corrected chi connectivity index (χ4v) is 5.36. The van der Waals surface area contributed by atoms with Crippen molar-refractivity contribution >= 4 is 5.97 Å². The Morgan fingerprint density at radius 3 is 2.30 bits per heavy atom. The van der Waals surface area contributed by atoms with Gasteiger partial charge in [0.2, 0.25) is 0 Å². The Kier molecular flexibility index (Phi) is 9.01. The summed E-state index contributed by atoms with van der Waals surface area (Å²) in [4.78, 5) is 13.6. The Morgan fingerprint density at radius 1 is 1.00 bits per heavy atom. The molecule has 4 rings (SSSR count). The molecule has 0 saturated heterocycles. The summed E-state index contributed by atoms with van der Waals surface area (Å²) in [6.45, 7) is 5.75. The fourth-order valence-electron chi connectivity index (χ4n) is 5.36. The minimum Gasteiger partial charge on any atom is -0.492 e. The van der Waals surface area contributed by atoms with Gasteiger partial charge in [-0.05, 0) is 78.7 Å². The molecule has 2 atom stereocenters. The number of likely N-dealkylation sites (N-methyl/N-ethyl adjacent to an activating group) is 1. The molecule has 0 amide bonds. The van der Waals surface area contributed by atoms with Crippen LogP contribution in [0.1, 0.15) is 58.3 Å². The standard InChI is InChI=1S/C32H39NO4/c1-5-6-23-10-16-29-26(20-23)12-11-25-19-22(2)7-15-28(25)31(29)33(3)17-18-37-27-13-8-24(9-14-27)21-30(36-4)32(34)35/h7-10,13-16,19-20,30-31H,5-6,11-12,17-18,21H2,1-4H3,(H,34,35). The van der Waals surface area contributed by atoms with E-state index >= 15 is 0 Å². The first-order valence-corrected chi connectivity index (χ1v) is 13.3. The van der Waals surface area contributed by atoms with Gasteiger partial charge in [-0.3, -0.25) is 4.90 Å². The largest absolute Gasteiger partial charge is 0.492 e. The third-order valence-corrected chi connectivity index (χ3v) is 7.36. The van der Waals surface area contributed by atoms with E-state index in [2.05, 4.69) is 62.2 Å². The van der Waals surface area contributed by atoms with E-state index in [4.69, 9.17) is 9.47 Å². The van der Waals surface area contributed by atoms with Crippen molar-refractivity contribution in [3.8, 4) is 5.75 Å². The van der Waals surface area contributed by atoms with Crippen LogP contribution in [0, 0.1) is 6.92 Å². The van der Waals surface area contributed by atoms with E-state index < -0.39 is 12.1 Å². The number of aryl methyl sites for hydroxylation is 4. The predicted molar refractivity (Wildman–Crippen MR) is 148 cm³/mol. The molecule has 0 aliphatic heterocycles. The molecule has 3 aromatic carbocycles. The van der Waals surface area contributed by atoms with Crippen molar-refractivity contribution in [3.05, 3.63) is 99.6 Å². The highest BCUT2D eigenvalue weighted by atomic mass is 16.5. The number of fused-ring (bicyclic) bond motifs is 2. The number of hydrogen-bond donors (Lipinski definition) is 1. The van der Waals surface area contributed by atoms with Crippen LogP contribution in [-0.4, -0.2) is 49.4 Å². The Morgan fingerprint density at radius 2 is 1.65 bits per heavy atom. The van der Waals surface area contributed by atoms with Gasteiger partial charge in [-0.2, -0.15) is 0 Å². The molecule has 37 heavy (non-hydrogen) atoms. The Labute approximate surface area is 221 Å². The number of rotatable bonds is 11. The lowest BCUT2D eigenvalue weighted by atomic mass is 9.91. The second-order valence-electron chi connectivity index (χ2n) is 10.1. The molecule has 3 aromatic rings. The van der Waals surface area contributed by atoms with Gasteiger partial charge in [0.25, 0.3) is 0 Å². The molecule has 5 nitrogen and oxygen atoms in total. The lowest BCUT2D eigenvalue weighted by Crippen LogP contribution is -2.30. The monoisotopic (exact) mass is 501 g/mol. The third-order valence-electron chi connectivity index (χ3n) is 7.36. The number of carbonyl (C=O) groups is 1. The van der Waals surface area contributed by atoms with Crippen LogP contribution in [0.5, 0.6) is 5.75 Å². The molecule has 1 aliphatic carbocycles. The molecule has 0 radical (unpaired) electrons. The van der Waals surface area contributed by atoms with Crippen molar-refractivity contribution in [2.75, 3.05) is 27.3 Å². The summed E-state index contributed by atoms with van der Waals surface area (Å²) in [6.07, 6.45) is 3.91. The van der Waals surface area contributed by atoms with Gasteiger partial charge < -0.3 is 14.6 Å². The van der Waals surface area contributed by atoms with Crippen molar-refractivity contribution in [3.63, 3.8) is 0 Å². The van der Waals surface area contributed by atoms with E-state index in [9.17, 15) is 9.90 Å². The highest BCUT2D eigenvalue weighted by molar-refractivity contribution is 5.72. The molecule has 0 fully saturated rings. The van der Waals surface area contributed by atoms with Crippen molar-refractivity contribution in [2.45, 2.75) is 58.1 Å². The summed E-state index contributed by atoms with van der Waals surface area (Å²) in [6, 6.07) is 21.8. The molecule has 196 valence electrons. The first-order chi connectivity index (χ1) is 17.9. The van der Waals surface area contributed by atoms with Crippen LogP contribution in [0.3, 0.4) is 0 Å². The number of nitrogens with zero attached hydrogens (tertiary/aromatic N) is 1. The van der Waals surface area contributed by atoms with E-state index in [1.165, 1.54) is 40.5 Å². The zero-order chi connectivity index (χ0) is 26.4. The number of ether oxygens (including phenoxy) is 2. The molecule has 5 heteroatoms. The number of methoxy groups -OCH3 is 1.